The summed E-state index contributed by atoms with van der Waals surface area (Å²) < 4.78 is 29.1. The van der Waals surface area contributed by atoms with E-state index in [1.165, 1.54) is 12.1 Å². The normalized spacial score (nSPS) is 10.3. The third kappa shape index (κ3) is 1.44. The van der Waals surface area contributed by atoms with Crippen LogP contribution in [0.3, 0.4) is 0 Å². The monoisotopic (exact) mass is 175 g/mol. The van der Waals surface area contributed by atoms with Gasteiger partial charge in [0.1, 0.15) is 5.69 Å². The standard InChI is InChI=1S/C7H7F2NO2/c1-12-6(11)5-3-2-4-10(5)7(8)9/h2-4,7H,1H3. The third-order valence-electron chi connectivity index (χ3n) is 1.38. The zero-order valence-electron chi connectivity index (χ0n) is 6.33. The average Bonchev–Trinajstić information content (AvgIpc) is 2.50. The molecule has 1 heterocycles. The van der Waals surface area contributed by atoms with Crippen molar-refractivity contribution in [2.75, 3.05) is 7.11 Å². The van der Waals surface area contributed by atoms with E-state index < -0.39 is 12.5 Å². The number of ether oxygens (including phenoxy) is 1. The largest absolute Gasteiger partial charge is 0.464 e. The number of carbonyl (C=O) groups is 1. The first-order chi connectivity index (χ1) is 5.66. The Balaban J connectivity index is 2.99. The van der Waals surface area contributed by atoms with Crippen LogP contribution in [0.1, 0.15) is 17.0 Å². The Labute approximate surface area is 67.6 Å². The van der Waals surface area contributed by atoms with Crippen LogP contribution in [-0.4, -0.2) is 17.6 Å². The van der Waals surface area contributed by atoms with Gasteiger partial charge in [0.25, 0.3) is 0 Å². The highest BCUT2D eigenvalue weighted by Gasteiger charge is 2.15. The van der Waals surface area contributed by atoms with Crippen molar-refractivity contribution in [1.29, 1.82) is 0 Å². The number of nitrogens with zero attached hydrogens (tertiary/aromatic N) is 1. The fourth-order valence-electron chi connectivity index (χ4n) is 0.841. The van der Waals surface area contributed by atoms with Gasteiger partial charge in [0.15, 0.2) is 0 Å². The zero-order chi connectivity index (χ0) is 9.14. The summed E-state index contributed by atoms with van der Waals surface area (Å²) in [4.78, 5) is 10.8. The van der Waals surface area contributed by atoms with Gasteiger partial charge in [0.2, 0.25) is 0 Å². The molecule has 0 fully saturated rings. The lowest BCUT2D eigenvalue weighted by Crippen LogP contribution is -2.10. The van der Waals surface area contributed by atoms with Gasteiger partial charge in [-0.25, -0.2) is 4.79 Å². The summed E-state index contributed by atoms with van der Waals surface area (Å²) in [7, 11) is 1.14. The van der Waals surface area contributed by atoms with Crippen LogP contribution in [-0.2, 0) is 4.74 Å². The summed E-state index contributed by atoms with van der Waals surface area (Å²) in [6.45, 7) is -2.71. The van der Waals surface area contributed by atoms with Crippen molar-refractivity contribution in [3.8, 4) is 0 Å². The van der Waals surface area contributed by atoms with Gasteiger partial charge >= 0.3 is 12.5 Å². The summed E-state index contributed by atoms with van der Waals surface area (Å²) in [5.74, 6) is -0.764. The van der Waals surface area contributed by atoms with Crippen molar-refractivity contribution in [3.05, 3.63) is 24.0 Å². The Hall–Kier alpha value is -1.39. The average molecular weight is 175 g/mol. The summed E-state index contributed by atoms with van der Waals surface area (Å²) in [5, 5.41) is 0. The maximum atomic E-state index is 12.1. The minimum absolute atomic E-state index is 0.146. The molecule has 1 rings (SSSR count). The van der Waals surface area contributed by atoms with Gasteiger partial charge in [0, 0.05) is 6.20 Å². The SMILES string of the molecule is COC(=O)c1cccn1C(F)F. The molecule has 3 nitrogen and oxygen atoms in total. The van der Waals surface area contributed by atoms with Crippen LogP contribution in [0.25, 0.3) is 0 Å². The van der Waals surface area contributed by atoms with Crippen LogP contribution in [0, 0.1) is 0 Å². The van der Waals surface area contributed by atoms with Crippen LogP contribution >= 0.6 is 0 Å². The fourth-order valence-corrected chi connectivity index (χ4v) is 0.841. The van der Waals surface area contributed by atoms with Crippen LogP contribution in [0.5, 0.6) is 0 Å². The molecule has 0 N–H and O–H groups in total. The van der Waals surface area contributed by atoms with E-state index >= 15 is 0 Å². The van der Waals surface area contributed by atoms with E-state index in [0.717, 1.165) is 13.3 Å². The highest BCUT2D eigenvalue weighted by atomic mass is 19.3. The number of hydrogen-bond donors (Lipinski definition) is 0. The van der Waals surface area contributed by atoms with E-state index in [4.69, 9.17) is 0 Å². The molecular weight excluding hydrogens is 168 g/mol. The maximum absolute atomic E-state index is 12.1. The summed E-state index contributed by atoms with van der Waals surface area (Å²) in [6, 6.07) is 2.64. The summed E-state index contributed by atoms with van der Waals surface area (Å²) in [6.07, 6.45) is 1.12. The van der Waals surface area contributed by atoms with Gasteiger partial charge in [-0.2, -0.15) is 8.78 Å². The van der Waals surface area contributed by atoms with Crippen molar-refractivity contribution >= 4 is 5.97 Å². The van der Waals surface area contributed by atoms with Crippen molar-refractivity contribution in [1.82, 2.24) is 4.57 Å². The molecule has 0 radical (unpaired) electrons. The lowest BCUT2D eigenvalue weighted by Gasteiger charge is -2.04. The van der Waals surface area contributed by atoms with E-state index in [-0.39, 0.29) is 5.69 Å². The first-order valence-electron chi connectivity index (χ1n) is 3.20. The molecule has 0 aliphatic carbocycles. The van der Waals surface area contributed by atoms with E-state index in [0.29, 0.717) is 4.57 Å². The highest BCUT2D eigenvalue weighted by Crippen LogP contribution is 2.14. The molecule has 1 aromatic rings. The van der Waals surface area contributed by atoms with Gasteiger partial charge < -0.3 is 4.74 Å². The second kappa shape index (κ2) is 3.34. The molecule has 12 heavy (non-hydrogen) atoms. The first-order valence-corrected chi connectivity index (χ1v) is 3.20. The van der Waals surface area contributed by atoms with E-state index in [1.54, 1.807) is 0 Å². The molecule has 0 atom stereocenters. The molecule has 5 heteroatoms. The minimum Gasteiger partial charge on any atom is -0.464 e. The predicted octanol–water partition coefficient (Wildman–Crippen LogP) is 1.67. The molecule has 1 aromatic heterocycles. The van der Waals surface area contributed by atoms with Crippen molar-refractivity contribution < 1.29 is 18.3 Å². The van der Waals surface area contributed by atoms with Crippen molar-refractivity contribution in [2.45, 2.75) is 6.55 Å². The molecule has 0 saturated heterocycles. The Bertz CT molecular complexity index is 283. The molecule has 0 aromatic carbocycles. The van der Waals surface area contributed by atoms with E-state index in [9.17, 15) is 13.6 Å². The number of halogens is 2. The molecule has 0 unspecified atom stereocenters. The van der Waals surface area contributed by atoms with Crippen LogP contribution in [0.4, 0.5) is 8.78 Å². The molecule has 0 spiro atoms. The van der Waals surface area contributed by atoms with Gasteiger partial charge in [0.05, 0.1) is 7.11 Å². The molecule has 0 saturated carbocycles. The van der Waals surface area contributed by atoms with Crippen molar-refractivity contribution in [3.63, 3.8) is 0 Å². The quantitative estimate of drug-likeness (QED) is 0.640. The number of alkyl halides is 2. The second-order valence-electron chi connectivity index (χ2n) is 2.07. The zero-order valence-corrected chi connectivity index (χ0v) is 6.33. The summed E-state index contributed by atoms with van der Waals surface area (Å²) in [5.41, 5.74) is -0.146. The molecule has 0 aliphatic rings. The first kappa shape index (κ1) is 8.70. The topological polar surface area (TPSA) is 31.2 Å². The predicted molar refractivity (Wildman–Crippen MR) is 37.0 cm³/mol. The number of methoxy groups -OCH3 is 1. The lowest BCUT2D eigenvalue weighted by molar-refractivity contribution is 0.0468. The van der Waals surface area contributed by atoms with E-state index in [2.05, 4.69) is 4.74 Å². The van der Waals surface area contributed by atoms with Gasteiger partial charge in [-0.3, -0.25) is 4.57 Å². The lowest BCUT2D eigenvalue weighted by atomic mass is 10.4. The maximum Gasteiger partial charge on any atom is 0.354 e. The number of aromatic nitrogens is 1. The Morgan fingerprint density at radius 2 is 2.33 bits per heavy atom. The molecule has 0 aliphatic heterocycles. The summed E-state index contributed by atoms with van der Waals surface area (Å²) >= 11 is 0. The van der Waals surface area contributed by atoms with Crippen LogP contribution in [0.15, 0.2) is 18.3 Å². The fraction of sp³-hybridized carbons (Fsp3) is 0.286. The van der Waals surface area contributed by atoms with Crippen LogP contribution < -0.4 is 0 Å². The van der Waals surface area contributed by atoms with E-state index in [1.807, 2.05) is 0 Å². The van der Waals surface area contributed by atoms with Gasteiger partial charge in [-0.05, 0) is 12.1 Å². The number of hydrogen-bond acceptors (Lipinski definition) is 2. The Morgan fingerprint density at radius 3 is 2.83 bits per heavy atom. The second-order valence-corrected chi connectivity index (χ2v) is 2.07. The molecule has 0 amide bonds. The van der Waals surface area contributed by atoms with Gasteiger partial charge in [-0.15, -0.1) is 0 Å². The molecular formula is C7H7F2NO2. The number of rotatable bonds is 2. The smallest absolute Gasteiger partial charge is 0.354 e. The highest BCUT2D eigenvalue weighted by molar-refractivity contribution is 5.87. The number of esters is 1. The third-order valence-corrected chi connectivity index (χ3v) is 1.38. The Kier molecular flexibility index (Phi) is 2.42. The Morgan fingerprint density at radius 1 is 1.67 bits per heavy atom. The molecule has 66 valence electrons. The molecule has 0 bridgehead atoms. The van der Waals surface area contributed by atoms with Crippen LogP contribution in [0.2, 0.25) is 0 Å². The minimum atomic E-state index is -2.71. The van der Waals surface area contributed by atoms with Crippen molar-refractivity contribution in [2.24, 2.45) is 0 Å². The number of carbonyl (C=O) groups excluding carboxylic acids is 1. The van der Waals surface area contributed by atoms with Gasteiger partial charge in [-0.1, -0.05) is 0 Å².